The zero-order valence-electron chi connectivity index (χ0n) is 11.6. The molecule has 0 saturated carbocycles. The minimum Gasteiger partial charge on any atom is -0.375 e. The van der Waals surface area contributed by atoms with E-state index in [1.54, 1.807) is 11.3 Å². The van der Waals surface area contributed by atoms with Crippen molar-refractivity contribution in [2.45, 2.75) is 19.0 Å². The van der Waals surface area contributed by atoms with Gasteiger partial charge in [0.15, 0.2) is 5.13 Å². The molecule has 1 aromatic carbocycles. The van der Waals surface area contributed by atoms with Crippen LogP contribution in [0.15, 0.2) is 36.7 Å². The maximum atomic E-state index is 5.69. The molecule has 0 bridgehead atoms. The van der Waals surface area contributed by atoms with E-state index in [0.717, 1.165) is 26.1 Å². The van der Waals surface area contributed by atoms with Crippen molar-refractivity contribution >= 4 is 27.4 Å². The number of fused-ring (bicyclic) bond motifs is 1. The number of para-hydroxylation sites is 1. The lowest BCUT2D eigenvalue weighted by molar-refractivity contribution is 0.316. The number of likely N-dealkylation sites (tertiary alicyclic amines) is 1. The van der Waals surface area contributed by atoms with E-state index < -0.39 is 0 Å². The van der Waals surface area contributed by atoms with E-state index in [1.807, 2.05) is 12.4 Å². The van der Waals surface area contributed by atoms with E-state index in [1.165, 1.54) is 15.8 Å². The highest BCUT2D eigenvalue weighted by molar-refractivity contribution is 7.15. The van der Waals surface area contributed by atoms with Crippen molar-refractivity contribution < 1.29 is 0 Å². The molecule has 5 nitrogen and oxygen atoms in total. The van der Waals surface area contributed by atoms with Gasteiger partial charge in [0.2, 0.25) is 0 Å². The lowest BCUT2D eigenvalue weighted by Gasteiger charge is -2.15. The molecular formula is C15H17N5S. The van der Waals surface area contributed by atoms with Gasteiger partial charge in [-0.25, -0.2) is 4.98 Å². The number of rotatable bonds is 3. The standard InChI is InChI=1S/C15H17N5S/c16-15-17-8-13(21-15)10-19-6-5-12(9-19)20-14-4-2-1-3-11(14)7-18-20/h1-4,7-8,12H,5-6,9-10H2,(H2,16,17). The summed E-state index contributed by atoms with van der Waals surface area (Å²) in [4.78, 5) is 7.81. The molecule has 1 atom stereocenters. The van der Waals surface area contributed by atoms with Crippen molar-refractivity contribution in [3.8, 4) is 0 Å². The van der Waals surface area contributed by atoms with E-state index in [4.69, 9.17) is 5.73 Å². The summed E-state index contributed by atoms with van der Waals surface area (Å²) in [5.41, 5.74) is 6.92. The number of anilines is 1. The Balaban J connectivity index is 1.51. The van der Waals surface area contributed by atoms with Crippen molar-refractivity contribution in [1.82, 2.24) is 19.7 Å². The summed E-state index contributed by atoms with van der Waals surface area (Å²) in [6.07, 6.45) is 4.98. The van der Waals surface area contributed by atoms with Crippen LogP contribution in [-0.4, -0.2) is 32.8 Å². The number of nitrogens with two attached hydrogens (primary N) is 1. The second kappa shape index (κ2) is 5.13. The molecular weight excluding hydrogens is 282 g/mol. The van der Waals surface area contributed by atoms with Gasteiger partial charge in [0.05, 0.1) is 17.8 Å². The fourth-order valence-corrected chi connectivity index (χ4v) is 3.78. The Kier molecular flexibility index (Phi) is 3.12. The van der Waals surface area contributed by atoms with E-state index in [2.05, 4.69) is 43.9 Å². The molecule has 3 aromatic rings. The zero-order chi connectivity index (χ0) is 14.2. The first-order chi connectivity index (χ1) is 10.3. The Hall–Kier alpha value is -1.92. The Labute approximate surface area is 127 Å². The second-order valence-electron chi connectivity index (χ2n) is 5.49. The minimum absolute atomic E-state index is 0.454. The average Bonchev–Trinajstić information content (AvgIpc) is 3.19. The monoisotopic (exact) mass is 299 g/mol. The fourth-order valence-electron chi connectivity index (χ4n) is 3.05. The van der Waals surface area contributed by atoms with Crippen LogP contribution in [0, 0.1) is 0 Å². The molecule has 108 valence electrons. The third-order valence-corrected chi connectivity index (χ3v) is 4.86. The van der Waals surface area contributed by atoms with E-state index in [0.29, 0.717) is 11.2 Å². The van der Waals surface area contributed by atoms with Crippen LogP contribution in [0.25, 0.3) is 10.9 Å². The van der Waals surface area contributed by atoms with Crippen LogP contribution in [0.2, 0.25) is 0 Å². The van der Waals surface area contributed by atoms with Gasteiger partial charge in [0, 0.05) is 36.1 Å². The molecule has 2 N–H and O–H groups in total. The van der Waals surface area contributed by atoms with Crippen molar-refractivity contribution in [3.05, 3.63) is 41.5 Å². The Morgan fingerprint density at radius 3 is 3.05 bits per heavy atom. The molecule has 3 heterocycles. The first-order valence-corrected chi connectivity index (χ1v) is 7.96. The Morgan fingerprint density at radius 1 is 1.29 bits per heavy atom. The summed E-state index contributed by atoms with van der Waals surface area (Å²) in [6.45, 7) is 3.06. The highest BCUT2D eigenvalue weighted by atomic mass is 32.1. The van der Waals surface area contributed by atoms with Crippen molar-refractivity contribution in [1.29, 1.82) is 0 Å². The molecule has 1 aliphatic rings. The predicted molar refractivity (Wildman–Crippen MR) is 85.2 cm³/mol. The van der Waals surface area contributed by atoms with Gasteiger partial charge in [-0.05, 0) is 12.5 Å². The van der Waals surface area contributed by atoms with Crippen LogP contribution in [0.5, 0.6) is 0 Å². The molecule has 6 heteroatoms. The van der Waals surface area contributed by atoms with Crippen molar-refractivity contribution in [2.24, 2.45) is 0 Å². The van der Waals surface area contributed by atoms with Gasteiger partial charge >= 0.3 is 0 Å². The number of aromatic nitrogens is 3. The normalized spacial score (nSPS) is 19.5. The number of hydrogen-bond acceptors (Lipinski definition) is 5. The molecule has 0 aliphatic carbocycles. The lowest BCUT2D eigenvalue weighted by Crippen LogP contribution is -2.21. The molecule has 1 fully saturated rings. The van der Waals surface area contributed by atoms with E-state index in [9.17, 15) is 0 Å². The summed E-state index contributed by atoms with van der Waals surface area (Å²) in [5.74, 6) is 0. The van der Waals surface area contributed by atoms with Gasteiger partial charge in [0.25, 0.3) is 0 Å². The third kappa shape index (κ3) is 2.41. The average molecular weight is 299 g/mol. The second-order valence-corrected chi connectivity index (χ2v) is 6.64. The maximum absolute atomic E-state index is 5.69. The van der Waals surface area contributed by atoms with Gasteiger partial charge in [-0.1, -0.05) is 18.2 Å². The van der Waals surface area contributed by atoms with Gasteiger partial charge in [-0.15, -0.1) is 11.3 Å². The van der Waals surface area contributed by atoms with Crippen molar-refractivity contribution in [3.63, 3.8) is 0 Å². The quantitative estimate of drug-likeness (QED) is 0.807. The molecule has 0 spiro atoms. The summed E-state index contributed by atoms with van der Waals surface area (Å²) < 4.78 is 2.18. The summed E-state index contributed by atoms with van der Waals surface area (Å²) in [7, 11) is 0. The molecule has 1 aliphatic heterocycles. The van der Waals surface area contributed by atoms with Gasteiger partial charge in [-0.2, -0.15) is 5.10 Å². The Bertz CT molecular complexity index is 762. The molecule has 1 saturated heterocycles. The summed E-state index contributed by atoms with van der Waals surface area (Å²) in [5, 5.41) is 6.45. The van der Waals surface area contributed by atoms with Crippen LogP contribution in [0.1, 0.15) is 17.3 Å². The van der Waals surface area contributed by atoms with Crippen LogP contribution < -0.4 is 5.73 Å². The van der Waals surface area contributed by atoms with Crippen molar-refractivity contribution in [2.75, 3.05) is 18.8 Å². The highest BCUT2D eigenvalue weighted by Gasteiger charge is 2.25. The van der Waals surface area contributed by atoms with Crippen LogP contribution >= 0.6 is 11.3 Å². The maximum Gasteiger partial charge on any atom is 0.180 e. The van der Waals surface area contributed by atoms with Gasteiger partial charge in [-0.3, -0.25) is 9.58 Å². The first-order valence-electron chi connectivity index (χ1n) is 7.14. The topological polar surface area (TPSA) is 60.0 Å². The van der Waals surface area contributed by atoms with Crippen LogP contribution in [0.3, 0.4) is 0 Å². The number of hydrogen-bond donors (Lipinski definition) is 1. The molecule has 1 unspecified atom stereocenters. The summed E-state index contributed by atoms with van der Waals surface area (Å²) in [6, 6.07) is 8.85. The number of benzene rings is 1. The molecule has 0 radical (unpaired) electrons. The van der Waals surface area contributed by atoms with E-state index in [-0.39, 0.29) is 0 Å². The molecule has 4 rings (SSSR count). The largest absolute Gasteiger partial charge is 0.375 e. The van der Waals surface area contributed by atoms with Crippen LogP contribution in [0.4, 0.5) is 5.13 Å². The fraction of sp³-hybridized carbons (Fsp3) is 0.333. The third-order valence-electron chi connectivity index (χ3n) is 4.05. The van der Waals surface area contributed by atoms with E-state index >= 15 is 0 Å². The predicted octanol–water partition coefficient (Wildman–Crippen LogP) is 2.52. The number of thiazole rings is 1. The highest BCUT2D eigenvalue weighted by Crippen LogP contribution is 2.27. The number of nitrogens with zero attached hydrogens (tertiary/aromatic N) is 4. The Morgan fingerprint density at radius 2 is 2.19 bits per heavy atom. The SMILES string of the molecule is Nc1ncc(CN2CCC(n3ncc4ccccc43)C2)s1. The smallest absolute Gasteiger partial charge is 0.180 e. The number of nitrogen functional groups attached to an aromatic ring is 1. The van der Waals surface area contributed by atoms with Gasteiger partial charge in [0.1, 0.15) is 0 Å². The molecule has 2 aromatic heterocycles. The van der Waals surface area contributed by atoms with Crippen LogP contribution in [-0.2, 0) is 6.54 Å². The molecule has 21 heavy (non-hydrogen) atoms. The summed E-state index contributed by atoms with van der Waals surface area (Å²) >= 11 is 1.58. The zero-order valence-corrected chi connectivity index (χ0v) is 12.5. The molecule has 0 amide bonds. The minimum atomic E-state index is 0.454. The first kappa shape index (κ1) is 12.8. The van der Waals surface area contributed by atoms with Gasteiger partial charge < -0.3 is 5.73 Å². The lowest BCUT2D eigenvalue weighted by atomic mass is 10.2.